The van der Waals surface area contributed by atoms with E-state index in [0.29, 0.717) is 6.61 Å². The number of fused-ring (bicyclic) bond motifs is 2. The number of nitrogens with two attached hydrogens (primary N) is 1. The van der Waals surface area contributed by atoms with Gasteiger partial charge in [0.05, 0.1) is 30.3 Å². The van der Waals surface area contributed by atoms with Crippen molar-refractivity contribution >= 4 is 17.4 Å². The summed E-state index contributed by atoms with van der Waals surface area (Å²) in [6, 6.07) is 10.3. The summed E-state index contributed by atoms with van der Waals surface area (Å²) in [5, 5.41) is 3.58. The number of hydrogen-bond donors (Lipinski definition) is 2. The number of rotatable bonds is 2. The van der Waals surface area contributed by atoms with Gasteiger partial charge >= 0.3 is 0 Å². The number of allylic oxidation sites excluding steroid dienone is 2. The van der Waals surface area contributed by atoms with E-state index in [0.717, 1.165) is 29.3 Å². The minimum absolute atomic E-state index is 0.116. The quantitative estimate of drug-likeness (QED) is 0.869. The van der Waals surface area contributed by atoms with E-state index in [1.54, 1.807) is 6.20 Å². The van der Waals surface area contributed by atoms with E-state index in [9.17, 15) is 0 Å². The number of anilines is 1. The zero-order valence-corrected chi connectivity index (χ0v) is 14.2. The monoisotopic (exact) mass is 345 g/mol. The van der Waals surface area contributed by atoms with Crippen LogP contribution in [-0.2, 0) is 6.42 Å². The standard InChI is InChI=1S/C20H19N5O/c21-20-22-8-7-15(25-20)12-5-6-16-17(10-12)24-19(23-16)14-9-13-3-1-2-4-18(13)26-11-14/h1-8,10,14,16-17H,9,11H2,(H,23,24)(H2,21,22,25). The van der Waals surface area contributed by atoms with Crippen molar-refractivity contribution in [1.82, 2.24) is 15.3 Å². The molecule has 0 bridgehead atoms. The number of ether oxygens (including phenoxy) is 1. The molecule has 26 heavy (non-hydrogen) atoms. The van der Waals surface area contributed by atoms with Gasteiger partial charge in [-0.05, 0) is 29.7 Å². The van der Waals surface area contributed by atoms with Crippen LogP contribution in [0, 0.1) is 5.92 Å². The molecule has 1 aromatic heterocycles. The number of para-hydroxylation sites is 1. The molecule has 0 amide bonds. The first-order valence-electron chi connectivity index (χ1n) is 8.80. The fourth-order valence-corrected chi connectivity index (χ4v) is 3.72. The maximum Gasteiger partial charge on any atom is 0.220 e. The Morgan fingerprint density at radius 2 is 2.12 bits per heavy atom. The van der Waals surface area contributed by atoms with Crippen LogP contribution >= 0.6 is 0 Å². The zero-order chi connectivity index (χ0) is 17.5. The van der Waals surface area contributed by atoms with E-state index in [1.807, 2.05) is 18.2 Å². The molecule has 0 radical (unpaired) electrons. The molecule has 3 atom stereocenters. The van der Waals surface area contributed by atoms with Crippen LogP contribution in [0.5, 0.6) is 5.75 Å². The Bertz CT molecular complexity index is 949. The van der Waals surface area contributed by atoms with Crippen molar-refractivity contribution in [2.75, 3.05) is 12.3 Å². The Morgan fingerprint density at radius 3 is 3.04 bits per heavy atom. The van der Waals surface area contributed by atoms with Crippen molar-refractivity contribution in [3.05, 3.63) is 66.0 Å². The molecule has 0 fully saturated rings. The second kappa shape index (κ2) is 5.98. The predicted octanol–water partition coefficient (Wildman–Crippen LogP) is 2.00. The molecule has 3 N–H and O–H groups in total. The van der Waals surface area contributed by atoms with Gasteiger partial charge in [-0.3, -0.25) is 4.99 Å². The maximum atomic E-state index is 5.92. The number of aromatic nitrogens is 2. The smallest absolute Gasteiger partial charge is 0.220 e. The SMILES string of the molecule is Nc1nccc(C2=CC3NC(C4COc5ccccc5C4)=NC3C=C2)n1. The van der Waals surface area contributed by atoms with Crippen molar-refractivity contribution < 1.29 is 4.74 Å². The lowest BCUT2D eigenvalue weighted by molar-refractivity contribution is 0.257. The van der Waals surface area contributed by atoms with Crippen LogP contribution in [-0.4, -0.2) is 34.5 Å². The van der Waals surface area contributed by atoms with E-state index in [4.69, 9.17) is 15.5 Å². The lowest BCUT2D eigenvalue weighted by atomic mass is 9.95. The normalized spacial score (nSPS) is 26.1. The summed E-state index contributed by atoms with van der Waals surface area (Å²) in [5.74, 6) is 2.56. The lowest BCUT2D eigenvalue weighted by Gasteiger charge is -2.26. The third kappa shape index (κ3) is 2.63. The molecule has 3 unspecified atom stereocenters. The molecule has 1 aromatic carbocycles. The summed E-state index contributed by atoms with van der Waals surface area (Å²) >= 11 is 0. The summed E-state index contributed by atoms with van der Waals surface area (Å²) in [6.07, 6.45) is 8.98. The van der Waals surface area contributed by atoms with Crippen LogP contribution in [0.2, 0.25) is 0 Å². The summed E-state index contributed by atoms with van der Waals surface area (Å²) in [5.41, 5.74) is 8.81. The van der Waals surface area contributed by atoms with Gasteiger partial charge in [-0.2, -0.15) is 0 Å². The second-order valence-electron chi connectivity index (χ2n) is 6.78. The number of hydrogen-bond acceptors (Lipinski definition) is 6. The first kappa shape index (κ1) is 15.1. The highest BCUT2D eigenvalue weighted by Crippen LogP contribution is 2.30. The molecule has 0 saturated carbocycles. The van der Waals surface area contributed by atoms with E-state index in [1.165, 1.54) is 5.56 Å². The number of aliphatic imine (C=N–C) groups is 1. The Morgan fingerprint density at radius 1 is 1.19 bits per heavy atom. The highest BCUT2D eigenvalue weighted by atomic mass is 16.5. The lowest BCUT2D eigenvalue weighted by Crippen LogP contribution is -2.39. The van der Waals surface area contributed by atoms with E-state index in [2.05, 4.69) is 45.6 Å². The topological polar surface area (TPSA) is 85.4 Å². The van der Waals surface area contributed by atoms with Gasteiger partial charge in [0.1, 0.15) is 11.6 Å². The van der Waals surface area contributed by atoms with Crippen LogP contribution in [0.3, 0.4) is 0 Å². The largest absolute Gasteiger partial charge is 0.493 e. The Kier molecular flexibility index (Phi) is 3.48. The van der Waals surface area contributed by atoms with Gasteiger partial charge in [-0.1, -0.05) is 36.4 Å². The van der Waals surface area contributed by atoms with Crippen LogP contribution in [0.15, 0.2) is 59.7 Å². The van der Waals surface area contributed by atoms with Crippen molar-refractivity contribution in [3.8, 4) is 5.75 Å². The Hall–Kier alpha value is -3.15. The van der Waals surface area contributed by atoms with Gasteiger partial charge in [-0.15, -0.1) is 0 Å². The van der Waals surface area contributed by atoms with Crippen molar-refractivity contribution in [1.29, 1.82) is 0 Å². The molecule has 0 saturated heterocycles. The molecule has 6 nitrogen and oxygen atoms in total. The van der Waals surface area contributed by atoms with Crippen LogP contribution in [0.4, 0.5) is 5.95 Å². The molecule has 3 aliphatic rings. The molecule has 2 aromatic rings. The highest BCUT2D eigenvalue weighted by Gasteiger charge is 2.33. The number of nitrogens with zero attached hydrogens (tertiary/aromatic N) is 3. The first-order valence-corrected chi connectivity index (χ1v) is 8.80. The minimum atomic E-state index is 0.116. The molecule has 6 heteroatoms. The second-order valence-corrected chi connectivity index (χ2v) is 6.78. The van der Waals surface area contributed by atoms with Crippen molar-refractivity contribution in [2.45, 2.75) is 18.5 Å². The average Bonchev–Trinajstić information content (AvgIpc) is 3.11. The van der Waals surface area contributed by atoms with Crippen molar-refractivity contribution in [2.24, 2.45) is 10.9 Å². The zero-order valence-electron chi connectivity index (χ0n) is 14.2. The molecular formula is C20H19N5O. The van der Waals surface area contributed by atoms with Crippen LogP contribution in [0.25, 0.3) is 5.57 Å². The number of nitrogens with one attached hydrogen (secondary N) is 1. The molecule has 0 spiro atoms. The predicted molar refractivity (Wildman–Crippen MR) is 101 cm³/mol. The first-order chi connectivity index (χ1) is 12.8. The summed E-state index contributed by atoms with van der Waals surface area (Å²) in [7, 11) is 0. The average molecular weight is 345 g/mol. The molecule has 130 valence electrons. The van der Waals surface area contributed by atoms with Gasteiger partial charge in [0.2, 0.25) is 5.95 Å². The Labute approximate surface area is 151 Å². The Balaban J connectivity index is 1.35. The number of amidine groups is 1. The summed E-state index contributed by atoms with van der Waals surface area (Å²) in [6.45, 7) is 0.658. The van der Waals surface area contributed by atoms with E-state index >= 15 is 0 Å². The summed E-state index contributed by atoms with van der Waals surface area (Å²) < 4.78 is 5.92. The number of nitrogen functional groups attached to an aromatic ring is 1. The van der Waals surface area contributed by atoms with Gasteiger partial charge < -0.3 is 15.8 Å². The van der Waals surface area contributed by atoms with Gasteiger partial charge in [0, 0.05) is 6.20 Å². The fraction of sp³-hybridized carbons (Fsp3) is 0.250. The molecule has 5 rings (SSSR count). The van der Waals surface area contributed by atoms with Crippen LogP contribution < -0.4 is 15.8 Å². The van der Waals surface area contributed by atoms with Gasteiger partial charge in [-0.25, -0.2) is 9.97 Å². The highest BCUT2D eigenvalue weighted by molar-refractivity contribution is 5.89. The van der Waals surface area contributed by atoms with E-state index in [-0.39, 0.29) is 23.9 Å². The third-order valence-corrected chi connectivity index (χ3v) is 5.04. The van der Waals surface area contributed by atoms with Crippen molar-refractivity contribution in [3.63, 3.8) is 0 Å². The molecule has 2 aliphatic heterocycles. The van der Waals surface area contributed by atoms with E-state index < -0.39 is 0 Å². The molecular weight excluding hydrogens is 326 g/mol. The fourth-order valence-electron chi connectivity index (χ4n) is 3.72. The minimum Gasteiger partial charge on any atom is -0.493 e. The van der Waals surface area contributed by atoms with Crippen LogP contribution in [0.1, 0.15) is 11.3 Å². The number of benzene rings is 1. The third-order valence-electron chi connectivity index (χ3n) is 5.04. The van der Waals surface area contributed by atoms with Gasteiger partial charge in [0.15, 0.2) is 0 Å². The van der Waals surface area contributed by atoms with Gasteiger partial charge in [0.25, 0.3) is 0 Å². The summed E-state index contributed by atoms with van der Waals surface area (Å²) in [4.78, 5) is 13.2. The molecule has 1 aliphatic carbocycles. The molecule has 3 heterocycles. The maximum absolute atomic E-state index is 5.92.